The summed E-state index contributed by atoms with van der Waals surface area (Å²) in [6.45, 7) is 7.57. The number of rotatable bonds is 2. The van der Waals surface area contributed by atoms with Crippen molar-refractivity contribution in [3.63, 3.8) is 0 Å². The molecule has 0 aromatic carbocycles. The van der Waals surface area contributed by atoms with Crippen molar-refractivity contribution in [1.82, 2.24) is 0 Å². The van der Waals surface area contributed by atoms with Gasteiger partial charge in [0.15, 0.2) is 5.78 Å². The fourth-order valence-electron chi connectivity index (χ4n) is 7.74. The van der Waals surface area contributed by atoms with Gasteiger partial charge in [0.2, 0.25) is 0 Å². The first-order valence-corrected chi connectivity index (χ1v) is 10.2. The highest BCUT2D eigenvalue weighted by Gasteiger charge is 2.59. The number of allylic oxidation sites excluding steroid dienone is 2. The molecule has 0 aromatic rings. The van der Waals surface area contributed by atoms with Gasteiger partial charge in [-0.05, 0) is 90.9 Å². The van der Waals surface area contributed by atoms with E-state index in [4.69, 9.17) is 0 Å². The quantitative estimate of drug-likeness (QED) is 0.802. The van der Waals surface area contributed by atoms with E-state index in [0.717, 1.165) is 24.2 Å². The highest BCUT2D eigenvalue weighted by atomic mass is 16.3. The van der Waals surface area contributed by atoms with Crippen LogP contribution >= 0.6 is 0 Å². The van der Waals surface area contributed by atoms with Crippen molar-refractivity contribution in [3.8, 4) is 0 Å². The molecule has 0 bridgehead atoms. The zero-order valence-electron chi connectivity index (χ0n) is 15.6. The predicted molar refractivity (Wildman–Crippen MR) is 96.4 cm³/mol. The lowest BCUT2D eigenvalue weighted by Crippen LogP contribution is -2.52. The summed E-state index contributed by atoms with van der Waals surface area (Å²) in [6, 6.07) is 0. The van der Waals surface area contributed by atoms with Crippen LogP contribution in [0.5, 0.6) is 0 Å². The van der Waals surface area contributed by atoms with Gasteiger partial charge in [0.25, 0.3) is 0 Å². The largest absolute Gasteiger partial charge is 0.396 e. The summed E-state index contributed by atoms with van der Waals surface area (Å²) >= 11 is 0. The summed E-state index contributed by atoms with van der Waals surface area (Å²) < 4.78 is 0. The maximum atomic E-state index is 11.9. The number of ketones is 1. The Balaban J connectivity index is 1.63. The molecule has 4 aliphatic carbocycles. The molecular weight excluding hydrogens is 296 g/mol. The van der Waals surface area contributed by atoms with Gasteiger partial charge in [-0.1, -0.05) is 26.8 Å². The summed E-state index contributed by atoms with van der Waals surface area (Å²) in [5.41, 5.74) is 0.680. The fourth-order valence-corrected chi connectivity index (χ4v) is 7.74. The summed E-state index contributed by atoms with van der Waals surface area (Å²) in [5.74, 6) is 4.49. The Hall–Kier alpha value is -0.630. The fraction of sp³-hybridized carbons (Fsp3) is 0.864. The van der Waals surface area contributed by atoms with Crippen molar-refractivity contribution in [2.24, 2.45) is 46.3 Å². The highest BCUT2D eigenvalue weighted by Crippen LogP contribution is 2.67. The smallest absolute Gasteiger partial charge is 0.155 e. The second-order valence-electron chi connectivity index (χ2n) is 9.91. The molecule has 3 fully saturated rings. The van der Waals surface area contributed by atoms with Gasteiger partial charge in [-0.25, -0.2) is 0 Å². The molecule has 8 atom stereocenters. The zero-order chi connectivity index (χ0) is 17.1. The summed E-state index contributed by atoms with van der Waals surface area (Å²) in [5, 5.41) is 9.71. The van der Waals surface area contributed by atoms with Crippen molar-refractivity contribution in [2.45, 2.75) is 65.7 Å². The Morgan fingerprint density at radius 1 is 1.17 bits per heavy atom. The second kappa shape index (κ2) is 5.69. The van der Waals surface area contributed by atoms with Crippen molar-refractivity contribution < 1.29 is 9.90 Å². The van der Waals surface area contributed by atoms with Crippen molar-refractivity contribution in [2.75, 3.05) is 6.61 Å². The molecule has 0 amide bonds. The van der Waals surface area contributed by atoms with Crippen LogP contribution in [0.25, 0.3) is 0 Å². The first-order valence-electron chi connectivity index (χ1n) is 10.2. The molecule has 24 heavy (non-hydrogen) atoms. The third kappa shape index (κ3) is 2.21. The zero-order valence-corrected chi connectivity index (χ0v) is 15.6. The Bertz CT molecular complexity index is 552. The van der Waals surface area contributed by atoms with E-state index >= 15 is 0 Å². The molecule has 0 radical (unpaired) electrons. The molecule has 0 heterocycles. The molecule has 1 N–H and O–H groups in total. The van der Waals surface area contributed by atoms with Gasteiger partial charge in [0.05, 0.1) is 0 Å². The number of fused-ring (bicyclic) bond motifs is 5. The summed E-state index contributed by atoms with van der Waals surface area (Å²) in [6.07, 6.45) is 12.8. The molecule has 2 nitrogen and oxygen atoms in total. The minimum Gasteiger partial charge on any atom is -0.396 e. The standard InChI is InChI=1S/C22H34O2/c1-14(13-23)18-6-7-19-17-5-4-15-12-16(24)8-10-21(15,2)20(17)9-11-22(18,19)3/h8,10,14-15,17-20,23H,4-7,9,11-13H2,1-3H3/t14-,15+,17+,18-,19+,20+,21+,22-/m1/s1. The van der Waals surface area contributed by atoms with Crippen LogP contribution in [0.4, 0.5) is 0 Å². The predicted octanol–water partition coefficient (Wildman–Crippen LogP) is 4.62. The van der Waals surface area contributed by atoms with E-state index in [9.17, 15) is 9.90 Å². The molecule has 0 unspecified atom stereocenters. The van der Waals surface area contributed by atoms with Gasteiger partial charge in [-0.3, -0.25) is 4.79 Å². The van der Waals surface area contributed by atoms with Crippen LogP contribution in [-0.2, 0) is 4.79 Å². The van der Waals surface area contributed by atoms with Crippen LogP contribution in [0.2, 0.25) is 0 Å². The topological polar surface area (TPSA) is 37.3 Å². The minimum absolute atomic E-state index is 0.249. The maximum Gasteiger partial charge on any atom is 0.155 e. The SMILES string of the molecule is C[C@H](CO)[C@H]1CC[C@H]2[C@@H]3CC[C@H]4CC(=O)C=C[C@]4(C)[C@H]3CC[C@]12C. The molecule has 3 saturated carbocycles. The summed E-state index contributed by atoms with van der Waals surface area (Å²) in [4.78, 5) is 11.9. The molecular formula is C22H34O2. The number of aliphatic hydroxyl groups is 1. The van der Waals surface area contributed by atoms with Crippen LogP contribution < -0.4 is 0 Å². The Kier molecular flexibility index (Phi) is 3.99. The van der Waals surface area contributed by atoms with E-state index in [1.807, 2.05) is 6.08 Å². The number of aliphatic hydroxyl groups excluding tert-OH is 1. The average molecular weight is 331 g/mol. The van der Waals surface area contributed by atoms with Crippen LogP contribution in [0.15, 0.2) is 12.2 Å². The number of carbonyl (C=O) groups is 1. The Morgan fingerprint density at radius 2 is 1.96 bits per heavy atom. The van der Waals surface area contributed by atoms with Crippen LogP contribution in [0, 0.1) is 46.3 Å². The Labute approximate surface area is 147 Å². The highest BCUT2D eigenvalue weighted by molar-refractivity contribution is 5.91. The summed E-state index contributed by atoms with van der Waals surface area (Å²) in [7, 11) is 0. The van der Waals surface area contributed by atoms with E-state index in [1.165, 1.54) is 38.5 Å². The second-order valence-corrected chi connectivity index (χ2v) is 9.91. The lowest BCUT2D eigenvalue weighted by Gasteiger charge is -2.59. The van der Waals surface area contributed by atoms with E-state index in [-0.39, 0.29) is 5.41 Å². The molecule has 0 aromatic heterocycles. The van der Waals surface area contributed by atoms with E-state index in [1.54, 1.807) is 0 Å². The van der Waals surface area contributed by atoms with Crippen LogP contribution in [-0.4, -0.2) is 17.5 Å². The van der Waals surface area contributed by atoms with Crippen LogP contribution in [0.1, 0.15) is 65.7 Å². The van der Waals surface area contributed by atoms with Crippen LogP contribution in [0.3, 0.4) is 0 Å². The normalized spacial score (nSPS) is 51.7. The lowest BCUT2D eigenvalue weighted by molar-refractivity contribution is -0.123. The van der Waals surface area contributed by atoms with Gasteiger partial charge < -0.3 is 5.11 Å². The monoisotopic (exact) mass is 330 g/mol. The lowest BCUT2D eigenvalue weighted by atomic mass is 9.45. The number of hydrogen-bond donors (Lipinski definition) is 1. The van der Waals surface area contributed by atoms with Gasteiger partial charge in [-0.15, -0.1) is 0 Å². The maximum absolute atomic E-state index is 11.9. The first kappa shape index (κ1) is 16.8. The molecule has 4 aliphatic rings. The third-order valence-corrected chi connectivity index (χ3v) is 9.09. The van der Waals surface area contributed by atoms with Gasteiger partial charge in [0.1, 0.15) is 0 Å². The van der Waals surface area contributed by atoms with Crippen molar-refractivity contribution in [1.29, 1.82) is 0 Å². The molecule has 134 valence electrons. The number of carbonyl (C=O) groups excluding carboxylic acids is 1. The molecule has 0 saturated heterocycles. The van der Waals surface area contributed by atoms with Gasteiger partial charge in [0, 0.05) is 13.0 Å². The van der Waals surface area contributed by atoms with Crippen molar-refractivity contribution >= 4 is 5.78 Å². The molecule has 0 aliphatic heterocycles. The van der Waals surface area contributed by atoms with E-state index < -0.39 is 0 Å². The minimum atomic E-state index is 0.249. The number of hydrogen-bond acceptors (Lipinski definition) is 2. The average Bonchev–Trinajstić information content (AvgIpc) is 2.92. The third-order valence-electron chi connectivity index (χ3n) is 9.09. The van der Waals surface area contributed by atoms with E-state index in [2.05, 4.69) is 26.8 Å². The van der Waals surface area contributed by atoms with Gasteiger partial charge >= 0.3 is 0 Å². The molecule has 0 spiro atoms. The molecule has 4 rings (SSSR count). The van der Waals surface area contributed by atoms with E-state index in [0.29, 0.717) is 35.6 Å². The molecule has 2 heteroatoms. The Morgan fingerprint density at radius 3 is 2.71 bits per heavy atom. The van der Waals surface area contributed by atoms with Gasteiger partial charge in [-0.2, -0.15) is 0 Å². The van der Waals surface area contributed by atoms with Crippen molar-refractivity contribution in [3.05, 3.63) is 12.2 Å². The first-order chi connectivity index (χ1) is 11.4.